The van der Waals surface area contributed by atoms with Crippen molar-refractivity contribution in [2.75, 3.05) is 0 Å². The molecule has 1 N–H and O–H groups in total. The maximum atomic E-state index is 12.7. The van der Waals surface area contributed by atoms with E-state index in [0.29, 0.717) is 37.5 Å². The van der Waals surface area contributed by atoms with E-state index in [9.17, 15) is 14.7 Å². The highest BCUT2D eigenvalue weighted by atomic mass is 32.1. The molecule has 3 aromatic rings. The van der Waals surface area contributed by atoms with E-state index >= 15 is 0 Å². The van der Waals surface area contributed by atoms with Crippen LogP contribution in [0.15, 0.2) is 46.3 Å². The first-order chi connectivity index (χ1) is 13.6. The first kappa shape index (κ1) is 18.4. The fraction of sp³-hybridized carbons (Fsp3) is 0.300. The van der Waals surface area contributed by atoms with Gasteiger partial charge in [-0.05, 0) is 29.0 Å². The maximum Gasteiger partial charge on any atom is 0.326 e. The van der Waals surface area contributed by atoms with Crippen LogP contribution in [0.2, 0.25) is 0 Å². The quantitative estimate of drug-likeness (QED) is 0.686. The van der Waals surface area contributed by atoms with Crippen LogP contribution in [0.1, 0.15) is 29.9 Å². The summed E-state index contributed by atoms with van der Waals surface area (Å²) >= 11 is 1.53. The van der Waals surface area contributed by atoms with Gasteiger partial charge in [-0.1, -0.05) is 35.5 Å². The monoisotopic (exact) mass is 397 g/mol. The van der Waals surface area contributed by atoms with Crippen LogP contribution >= 0.6 is 11.3 Å². The van der Waals surface area contributed by atoms with Gasteiger partial charge in [-0.2, -0.15) is 4.98 Å². The van der Waals surface area contributed by atoms with Gasteiger partial charge in [0.05, 0.1) is 4.88 Å². The lowest BCUT2D eigenvalue weighted by molar-refractivity contribution is -0.151. The molecule has 2 aromatic heterocycles. The van der Waals surface area contributed by atoms with Crippen molar-refractivity contribution in [3.8, 4) is 10.7 Å². The average Bonchev–Trinajstić information content (AvgIpc) is 3.38. The Morgan fingerprint density at radius 2 is 2.04 bits per heavy atom. The lowest BCUT2D eigenvalue weighted by Gasteiger charge is -2.34. The zero-order valence-electron chi connectivity index (χ0n) is 15.1. The summed E-state index contributed by atoms with van der Waals surface area (Å²) in [5, 5.41) is 15.5. The number of carbonyl (C=O) groups excluding carboxylic acids is 1. The highest BCUT2D eigenvalue weighted by Gasteiger charge is 2.34. The number of nitrogens with zero attached hydrogens (tertiary/aromatic N) is 3. The van der Waals surface area contributed by atoms with Gasteiger partial charge in [0.2, 0.25) is 17.6 Å². The minimum atomic E-state index is -0.972. The van der Waals surface area contributed by atoms with E-state index < -0.39 is 12.0 Å². The maximum absolute atomic E-state index is 12.7. The summed E-state index contributed by atoms with van der Waals surface area (Å²) in [5.41, 5.74) is 2.00. The largest absolute Gasteiger partial charge is 0.480 e. The molecule has 1 aromatic carbocycles. The van der Waals surface area contributed by atoms with Crippen molar-refractivity contribution < 1.29 is 19.2 Å². The summed E-state index contributed by atoms with van der Waals surface area (Å²) in [6.07, 6.45) is 1.58. The molecular weight excluding hydrogens is 378 g/mol. The van der Waals surface area contributed by atoms with Crippen molar-refractivity contribution in [2.24, 2.45) is 0 Å². The minimum absolute atomic E-state index is 0.167. The third kappa shape index (κ3) is 3.82. The third-order valence-electron chi connectivity index (χ3n) is 4.84. The number of thiophene rings is 1. The summed E-state index contributed by atoms with van der Waals surface area (Å²) in [6, 6.07) is 10.7. The van der Waals surface area contributed by atoms with Crippen molar-refractivity contribution in [1.29, 1.82) is 0 Å². The molecule has 3 heterocycles. The number of aromatic nitrogens is 2. The molecule has 4 rings (SSSR count). The number of aryl methyl sites for hydroxylation is 1. The summed E-state index contributed by atoms with van der Waals surface area (Å²) in [4.78, 5) is 31.1. The fourth-order valence-corrected chi connectivity index (χ4v) is 4.05. The van der Waals surface area contributed by atoms with Gasteiger partial charge in [0.1, 0.15) is 6.04 Å². The number of aliphatic carboxylic acids is 1. The molecule has 1 atom stereocenters. The molecule has 1 amide bonds. The fourth-order valence-electron chi connectivity index (χ4n) is 3.40. The molecule has 0 saturated carbocycles. The smallest absolute Gasteiger partial charge is 0.326 e. The number of hydrogen-bond donors (Lipinski definition) is 1. The summed E-state index contributed by atoms with van der Waals surface area (Å²) in [6.45, 7) is 0.328. The number of carbonyl (C=O) groups is 2. The number of benzene rings is 1. The van der Waals surface area contributed by atoms with Gasteiger partial charge in [-0.15, -0.1) is 11.3 Å². The molecule has 8 heteroatoms. The highest BCUT2D eigenvalue weighted by molar-refractivity contribution is 7.13. The Morgan fingerprint density at radius 3 is 2.79 bits per heavy atom. The van der Waals surface area contributed by atoms with Crippen LogP contribution < -0.4 is 0 Å². The molecule has 7 nitrogen and oxygen atoms in total. The Balaban J connectivity index is 1.37. The van der Waals surface area contributed by atoms with Crippen molar-refractivity contribution in [2.45, 2.75) is 38.3 Å². The Morgan fingerprint density at radius 1 is 1.21 bits per heavy atom. The SMILES string of the molecule is O=C(O)C1Cc2ccccc2CN1C(=O)CCCc1nc(-c2cccs2)no1. The van der Waals surface area contributed by atoms with Gasteiger partial charge in [-0.3, -0.25) is 4.79 Å². The predicted molar refractivity (Wildman–Crippen MR) is 103 cm³/mol. The van der Waals surface area contributed by atoms with Crippen molar-refractivity contribution in [1.82, 2.24) is 15.0 Å². The second-order valence-corrected chi connectivity index (χ2v) is 7.64. The first-order valence-electron chi connectivity index (χ1n) is 9.07. The summed E-state index contributed by atoms with van der Waals surface area (Å²) < 4.78 is 5.25. The Labute approximate surface area is 165 Å². The van der Waals surface area contributed by atoms with E-state index in [-0.39, 0.29) is 12.3 Å². The molecule has 1 aliphatic rings. The van der Waals surface area contributed by atoms with Gasteiger partial charge in [-0.25, -0.2) is 4.79 Å². The van der Waals surface area contributed by atoms with E-state index in [2.05, 4.69) is 10.1 Å². The van der Waals surface area contributed by atoms with E-state index in [1.165, 1.54) is 16.2 Å². The van der Waals surface area contributed by atoms with Crippen LogP contribution in [0.25, 0.3) is 10.7 Å². The van der Waals surface area contributed by atoms with E-state index in [1.54, 1.807) is 0 Å². The van der Waals surface area contributed by atoms with Crippen LogP contribution in [-0.2, 0) is 29.0 Å². The van der Waals surface area contributed by atoms with Gasteiger partial charge in [0.25, 0.3) is 0 Å². The van der Waals surface area contributed by atoms with E-state index in [1.807, 2.05) is 41.8 Å². The van der Waals surface area contributed by atoms with Crippen LogP contribution in [0, 0.1) is 0 Å². The normalized spacial score (nSPS) is 16.0. The average molecular weight is 397 g/mol. The van der Waals surface area contributed by atoms with Gasteiger partial charge in [0, 0.05) is 25.8 Å². The minimum Gasteiger partial charge on any atom is -0.480 e. The predicted octanol–water partition coefficient (Wildman–Crippen LogP) is 3.16. The molecule has 1 unspecified atom stereocenters. The lowest BCUT2D eigenvalue weighted by atomic mass is 9.93. The molecule has 0 spiro atoms. The van der Waals surface area contributed by atoms with E-state index in [4.69, 9.17) is 4.52 Å². The van der Waals surface area contributed by atoms with Crippen LogP contribution in [0.5, 0.6) is 0 Å². The number of amides is 1. The third-order valence-corrected chi connectivity index (χ3v) is 5.71. The molecule has 0 aliphatic carbocycles. The Bertz CT molecular complexity index is 983. The molecule has 28 heavy (non-hydrogen) atoms. The second-order valence-electron chi connectivity index (χ2n) is 6.69. The number of hydrogen-bond acceptors (Lipinski definition) is 6. The standard InChI is InChI=1S/C20H19N3O4S/c24-18(9-3-8-17-21-19(22-27-17)16-7-4-10-28-16)23-12-14-6-2-1-5-13(14)11-15(23)20(25)26/h1-2,4-7,10,15H,3,8-9,11-12H2,(H,25,26). The zero-order valence-corrected chi connectivity index (χ0v) is 15.9. The van der Waals surface area contributed by atoms with Crippen LogP contribution in [-0.4, -0.2) is 38.1 Å². The number of rotatable bonds is 6. The molecule has 0 fully saturated rings. The summed E-state index contributed by atoms with van der Waals surface area (Å²) in [5.74, 6) is -0.106. The molecule has 144 valence electrons. The molecule has 0 radical (unpaired) electrons. The topological polar surface area (TPSA) is 96.5 Å². The number of carboxylic acids is 1. The number of fused-ring (bicyclic) bond motifs is 1. The lowest BCUT2D eigenvalue weighted by Crippen LogP contribution is -2.48. The molecule has 0 bridgehead atoms. The Hall–Kier alpha value is -3.00. The highest BCUT2D eigenvalue weighted by Crippen LogP contribution is 2.25. The second kappa shape index (κ2) is 7.93. The van der Waals surface area contributed by atoms with Gasteiger partial charge in [0.15, 0.2) is 0 Å². The van der Waals surface area contributed by atoms with Crippen LogP contribution in [0.4, 0.5) is 0 Å². The van der Waals surface area contributed by atoms with Crippen molar-refractivity contribution in [3.05, 3.63) is 58.8 Å². The molecular formula is C20H19N3O4S. The van der Waals surface area contributed by atoms with Crippen molar-refractivity contribution in [3.63, 3.8) is 0 Å². The molecule has 0 saturated heterocycles. The number of carboxylic acid groups (broad SMARTS) is 1. The molecule has 1 aliphatic heterocycles. The van der Waals surface area contributed by atoms with Crippen LogP contribution in [0.3, 0.4) is 0 Å². The van der Waals surface area contributed by atoms with Gasteiger partial charge < -0.3 is 14.5 Å². The summed E-state index contributed by atoms with van der Waals surface area (Å²) in [7, 11) is 0. The zero-order chi connectivity index (χ0) is 19.5. The van der Waals surface area contributed by atoms with E-state index in [0.717, 1.165) is 16.0 Å². The van der Waals surface area contributed by atoms with Gasteiger partial charge >= 0.3 is 5.97 Å². The van der Waals surface area contributed by atoms with Crippen molar-refractivity contribution >= 4 is 23.2 Å². The Kier molecular flexibility index (Phi) is 5.21. The first-order valence-corrected chi connectivity index (χ1v) is 9.95.